The number of nitrogens with zero attached hydrogens (tertiary/aromatic N) is 4. The van der Waals surface area contributed by atoms with E-state index in [0.717, 1.165) is 0 Å². The number of aromatic nitrogens is 4. The van der Waals surface area contributed by atoms with Crippen molar-refractivity contribution in [2.75, 3.05) is 0 Å². The van der Waals surface area contributed by atoms with Crippen LogP contribution < -0.4 is 0 Å². The zero-order valence-electron chi connectivity index (χ0n) is 7.76. The highest BCUT2D eigenvalue weighted by atomic mass is 79.9. The molecule has 0 spiro atoms. The second kappa shape index (κ2) is 3.57. The molecule has 0 amide bonds. The summed E-state index contributed by atoms with van der Waals surface area (Å²) in [5.41, 5.74) is 0.627. The molecule has 0 bridgehead atoms. The van der Waals surface area contributed by atoms with Crippen LogP contribution in [0.5, 0.6) is 0 Å². The lowest BCUT2D eigenvalue weighted by Gasteiger charge is -1.95. The number of rotatable bonds is 1. The van der Waals surface area contributed by atoms with E-state index in [1.165, 1.54) is 0 Å². The number of hydrogen-bond donors (Lipinski definition) is 0. The quantitative estimate of drug-likeness (QED) is 0.648. The van der Waals surface area contributed by atoms with Gasteiger partial charge < -0.3 is 4.42 Å². The first kappa shape index (κ1) is 9.80. The van der Waals surface area contributed by atoms with Crippen molar-refractivity contribution >= 4 is 33.2 Å². The minimum absolute atomic E-state index is 0.382. The fourth-order valence-corrected chi connectivity index (χ4v) is 1.82. The smallest absolute Gasteiger partial charge is 0.205 e. The van der Waals surface area contributed by atoms with Gasteiger partial charge in [0.05, 0.1) is 0 Å². The number of hydrogen-bond acceptors (Lipinski definition) is 4. The first-order chi connectivity index (χ1) is 7.74. The van der Waals surface area contributed by atoms with Gasteiger partial charge in [0.2, 0.25) is 5.82 Å². The summed E-state index contributed by atoms with van der Waals surface area (Å²) in [6, 6.07) is 5.23. The molecular formula is C9H4BrClN4O. The number of fused-ring (bicyclic) bond motifs is 1. The van der Waals surface area contributed by atoms with Crippen molar-refractivity contribution in [3.05, 3.63) is 34.3 Å². The monoisotopic (exact) mass is 298 g/mol. The van der Waals surface area contributed by atoms with Gasteiger partial charge in [0, 0.05) is 6.07 Å². The Morgan fingerprint density at radius 3 is 2.94 bits per heavy atom. The maximum Gasteiger partial charge on any atom is 0.205 e. The topological polar surface area (TPSA) is 56.2 Å². The standard InChI is InChI=1S/C9H4BrClN4O/c10-6-2-1-5(16-6)9-14-13-8-3-7(11)12-4-15(8)9/h1-4H. The summed E-state index contributed by atoms with van der Waals surface area (Å²) in [6.45, 7) is 0. The highest BCUT2D eigenvalue weighted by Crippen LogP contribution is 2.24. The molecular weight excluding hydrogens is 295 g/mol. The molecule has 0 aromatic carbocycles. The van der Waals surface area contributed by atoms with E-state index in [4.69, 9.17) is 16.0 Å². The lowest BCUT2D eigenvalue weighted by molar-refractivity contribution is 0.550. The molecule has 3 aromatic rings. The first-order valence-corrected chi connectivity index (χ1v) is 5.53. The Labute approximate surface area is 103 Å². The van der Waals surface area contributed by atoms with Gasteiger partial charge >= 0.3 is 0 Å². The van der Waals surface area contributed by atoms with Crippen LogP contribution in [-0.2, 0) is 0 Å². The average molecular weight is 300 g/mol. The van der Waals surface area contributed by atoms with Gasteiger partial charge in [-0.2, -0.15) is 0 Å². The third-order valence-corrected chi connectivity index (χ3v) is 2.69. The summed E-state index contributed by atoms with van der Waals surface area (Å²) in [6.07, 6.45) is 1.56. The van der Waals surface area contributed by atoms with Crippen LogP contribution in [0, 0.1) is 0 Å². The fraction of sp³-hybridized carbons (Fsp3) is 0. The van der Waals surface area contributed by atoms with Crippen molar-refractivity contribution < 1.29 is 4.42 Å². The summed E-state index contributed by atoms with van der Waals surface area (Å²) < 4.78 is 7.74. The molecule has 3 heterocycles. The minimum atomic E-state index is 0.382. The molecule has 0 saturated carbocycles. The maximum absolute atomic E-state index is 5.75. The Kier molecular flexibility index (Phi) is 2.19. The van der Waals surface area contributed by atoms with Gasteiger partial charge in [0.25, 0.3) is 0 Å². The van der Waals surface area contributed by atoms with Crippen molar-refractivity contribution in [1.82, 2.24) is 19.6 Å². The molecule has 16 heavy (non-hydrogen) atoms. The van der Waals surface area contributed by atoms with E-state index < -0.39 is 0 Å². The molecule has 3 aromatic heterocycles. The molecule has 0 unspecified atom stereocenters. The average Bonchev–Trinajstić information content (AvgIpc) is 2.83. The van der Waals surface area contributed by atoms with Crippen LogP contribution >= 0.6 is 27.5 Å². The molecule has 0 N–H and O–H groups in total. The fourth-order valence-electron chi connectivity index (χ4n) is 1.37. The Hall–Kier alpha value is -1.40. The van der Waals surface area contributed by atoms with Crippen LogP contribution in [0.3, 0.4) is 0 Å². The number of furan rings is 1. The van der Waals surface area contributed by atoms with Crippen molar-refractivity contribution in [3.63, 3.8) is 0 Å². The largest absolute Gasteiger partial charge is 0.446 e. The predicted molar refractivity (Wildman–Crippen MR) is 61.2 cm³/mol. The maximum atomic E-state index is 5.75. The van der Waals surface area contributed by atoms with Gasteiger partial charge in [-0.3, -0.25) is 4.40 Å². The van der Waals surface area contributed by atoms with E-state index in [9.17, 15) is 0 Å². The van der Waals surface area contributed by atoms with Crippen LogP contribution in [0.25, 0.3) is 17.2 Å². The number of halogens is 2. The van der Waals surface area contributed by atoms with Crippen molar-refractivity contribution in [2.45, 2.75) is 0 Å². The van der Waals surface area contributed by atoms with Crippen LogP contribution in [0.2, 0.25) is 5.15 Å². The molecule has 7 heteroatoms. The normalized spacial score (nSPS) is 11.1. The summed E-state index contributed by atoms with van der Waals surface area (Å²) in [7, 11) is 0. The molecule has 0 saturated heterocycles. The summed E-state index contributed by atoms with van der Waals surface area (Å²) >= 11 is 8.99. The predicted octanol–water partition coefficient (Wildman–Crippen LogP) is 2.80. The van der Waals surface area contributed by atoms with Gasteiger partial charge in [-0.15, -0.1) is 10.2 Å². The zero-order valence-corrected chi connectivity index (χ0v) is 10.1. The summed E-state index contributed by atoms with van der Waals surface area (Å²) in [5.74, 6) is 1.20. The van der Waals surface area contributed by atoms with Gasteiger partial charge in [-0.1, -0.05) is 11.6 Å². The van der Waals surface area contributed by atoms with Crippen LogP contribution in [0.1, 0.15) is 0 Å². The Bertz CT molecular complexity index is 662. The van der Waals surface area contributed by atoms with Gasteiger partial charge in [-0.05, 0) is 28.1 Å². The third-order valence-electron chi connectivity index (χ3n) is 2.06. The summed E-state index contributed by atoms with van der Waals surface area (Å²) in [4.78, 5) is 3.97. The van der Waals surface area contributed by atoms with Crippen molar-refractivity contribution in [3.8, 4) is 11.6 Å². The third kappa shape index (κ3) is 1.50. The molecule has 5 nitrogen and oxygen atoms in total. The second-order valence-electron chi connectivity index (χ2n) is 3.07. The molecule has 0 aliphatic heterocycles. The highest BCUT2D eigenvalue weighted by Gasteiger charge is 2.11. The molecule has 80 valence electrons. The Morgan fingerprint density at radius 2 is 2.19 bits per heavy atom. The Balaban J connectivity index is 2.25. The van der Waals surface area contributed by atoms with Crippen LogP contribution in [0.4, 0.5) is 0 Å². The Morgan fingerprint density at radius 1 is 1.31 bits per heavy atom. The molecule has 0 fully saturated rings. The van der Waals surface area contributed by atoms with E-state index >= 15 is 0 Å². The summed E-state index contributed by atoms with van der Waals surface area (Å²) in [5, 5.41) is 8.38. The highest BCUT2D eigenvalue weighted by molar-refractivity contribution is 9.10. The van der Waals surface area contributed by atoms with Crippen molar-refractivity contribution in [2.24, 2.45) is 0 Å². The van der Waals surface area contributed by atoms with Crippen LogP contribution in [0.15, 0.2) is 33.6 Å². The molecule has 0 aliphatic carbocycles. The lowest BCUT2D eigenvalue weighted by atomic mass is 10.4. The zero-order chi connectivity index (χ0) is 11.1. The van der Waals surface area contributed by atoms with Crippen LogP contribution in [-0.4, -0.2) is 19.6 Å². The molecule has 0 aliphatic rings. The first-order valence-electron chi connectivity index (χ1n) is 4.36. The van der Waals surface area contributed by atoms with E-state index in [2.05, 4.69) is 31.1 Å². The second-order valence-corrected chi connectivity index (χ2v) is 4.24. The van der Waals surface area contributed by atoms with Gasteiger partial charge in [-0.25, -0.2) is 4.98 Å². The molecule has 3 rings (SSSR count). The van der Waals surface area contributed by atoms with E-state index in [1.54, 1.807) is 28.9 Å². The van der Waals surface area contributed by atoms with Crippen molar-refractivity contribution in [1.29, 1.82) is 0 Å². The molecule has 0 atom stereocenters. The van der Waals surface area contributed by atoms with E-state index in [-0.39, 0.29) is 0 Å². The lowest BCUT2D eigenvalue weighted by Crippen LogP contribution is -1.89. The minimum Gasteiger partial charge on any atom is -0.446 e. The van der Waals surface area contributed by atoms with E-state index in [0.29, 0.717) is 27.1 Å². The van der Waals surface area contributed by atoms with Gasteiger partial charge in [0.1, 0.15) is 11.5 Å². The molecule has 0 radical (unpaired) electrons. The van der Waals surface area contributed by atoms with Gasteiger partial charge in [0.15, 0.2) is 16.1 Å². The van der Waals surface area contributed by atoms with E-state index in [1.807, 2.05) is 0 Å². The SMILES string of the molecule is Clc1cc2nnc(-c3ccc(Br)o3)n2cn1.